The van der Waals surface area contributed by atoms with Gasteiger partial charge in [-0.2, -0.15) is 5.10 Å². The van der Waals surface area contributed by atoms with Crippen LogP contribution in [-0.2, 0) is 12.8 Å². The minimum absolute atomic E-state index is 0.0906. The Balaban J connectivity index is 1.68. The number of hydrazone groups is 1. The van der Waals surface area contributed by atoms with E-state index in [1.54, 1.807) is 28.9 Å². The van der Waals surface area contributed by atoms with Gasteiger partial charge in [-0.25, -0.2) is 5.43 Å². The van der Waals surface area contributed by atoms with Crippen LogP contribution in [0.4, 0.5) is 0 Å². The van der Waals surface area contributed by atoms with Gasteiger partial charge in [-0.1, -0.05) is 20.8 Å². The quantitative estimate of drug-likeness (QED) is 0.605. The summed E-state index contributed by atoms with van der Waals surface area (Å²) in [6, 6.07) is 2.05. The number of nitrogens with zero attached hydrogens (tertiary/aromatic N) is 1. The average molecular weight is 361 g/mol. The van der Waals surface area contributed by atoms with E-state index in [0.717, 1.165) is 29.7 Å². The first-order chi connectivity index (χ1) is 11.4. The molecule has 2 heterocycles. The Morgan fingerprint density at radius 2 is 2.17 bits per heavy atom. The summed E-state index contributed by atoms with van der Waals surface area (Å²) in [5, 5.41) is 8.15. The second-order valence-electron chi connectivity index (χ2n) is 7.52. The molecule has 2 aromatic heterocycles. The fraction of sp³-hybridized carbons (Fsp3) is 0.474. The number of carbonyl (C=O) groups is 1. The van der Waals surface area contributed by atoms with E-state index < -0.39 is 0 Å². The molecule has 0 radical (unpaired) electrons. The third kappa shape index (κ3) is 3.62. The lowest BCUT2D eigenvalue weighted by Gasteiger charge is -2.33. The zero-order valence-corrected chi connectivity index (χ0v) is 16.3. The molecule has 0 spiro atoms. The second-order valence-corrected chi connectivity index (χ2v) is 9.44. The number of hydrogen-bond acceptors (Lipinski definition) is 4. The van der Waals surface area contributed by atoms with Gasteiger partial charge in [0.2, 0.25) is 0 Å². The largest absolute Gasteiger partial charge is 0.272 e. The molecule has 0 fully saturated rings. The molecule has 0 bridgehead atoms. The number of amides is 1. The van der Waals surface area contributed by atoms with E-state index in [0.29, 0.717) is 11.3 Å². The molecule has 2 aromatic rings. The van der Waals surface area contributed by atoms with Gasteiger partial charge in [0.15, 0.2) is 0 Å². The van der Waals surface area contributed by atoms with Gasteiger partial charge in [0, 0.05) is 15.1 Å². The van der Waals surface area contributed by atoms with Crippen molar-refractivity contribution in [3.63, 3.8) is 0 Å². The molecule has 1 aliphatic carbocycles. The minimum Gasteiger partial charge on any atom is -0.267 e. The number of rotatable bonds is 3. The van der Waals surface area contributed by atoms with Crippen LogP contribution in [0.5, 0.6) is 0 Å². The predicted molar refractivity (Wildman–Crippen MR) is 103 cm³/mol. The van der Waals surface area contributed by atoms with Crippen LogP contribution < -0.4 is 5.43 Å². The molecule has 5 heteroatoms. The van der Waals surface area contributed by atoms with Crippen molar-refractivity contribution in [2.24, 2.45) is 16.4 Å². The summed E-state index contributed by atoms with van der Waals surface area (Å²) in [6.07, 6.45) is 4.98. The zero-order valence-electron chi connectivity index (χ0n) is 14.7. The molecule has 3 nitrogen and oxygen atoms in total. The van der Waals surface area contributed by atoms with E-state index in [2.05, 4.69) is 37.4 Å². The Kier molecular flexibility index (Phi) is 4.92. The lowest BCUT2D eigenvalue weighted by atomic mass is 9.72. The predicted octanol–water partition coefficient (Wildman–Crippen LogP) is 5.03. The van der Waals surface area contributed by atoms with Crippen LogP contribution in [0.2, 0.25) is 0 Å². The molecular weight excluding hydrogens is 336 g/mol. The highest BCUT2D eigenvalue weighted by Gasteiger charge is 2.31. The molecular formula is C19H24N2OS2. The lowest BCUT2D eigenvalue weighted by molar-refractivity contribution is 0.0954. The van der Waals surface area contributed by atoms with Crippen molar-refractivity contribution >= 4 is 34.8 Å². The van der Waals surface area contributed by atoms with Gasteiger partial charge in [0.1, 0.15) is 0 Å². The van der Waals surface area contributed by atoms with E-state index in [1.807, 2.05) is 17.7 Å². The molecule has 3 rings (SSSR count). The van der Waals surface area contributed by atoms with Gasteiger partial charge >= 0.3 is 0 Å². The number of carbonyl (C=O) groups excluding carboxylic acids is 1. The summed E-state index contributed by atoms with van der Waals surface area (Å²) in [7, 11) is 0. The van der Waals surface area contributed by atoms with E-state index in [-0.39, 0.29) is 5.91 Å². The number of thiophene rings is 2. The summed E-state index contributed by atoms with van der Waals surface area (Å²) in [5.41, 5.74) is 6.24. The maximum atomic E-state index is 12.5. The lowest BCUT2D eigenvalue weighted by Crippen LogP contribution is -2.27. The van der Waals surface area contributed by atoms with Crippen molar-refractivity contribution in [2.75, 3.05) is 0 Å². The number of hydrogen-bond donors (Lipinski definition) is 1. The van der Waals surface area contributed by atoms with Crippen LogP contribution in [0.3, 0.4) is 0 Å². The van der Waals surface area contributed by atoms with E-state index >= 15 is 0 Å². The summed E-state index contributed by atoms with van der Waals surface area (Å²) in [6.45, 7) is 8.97. The average Bonchev–Trinajstić information content (AvgIpc) is 3.12. The Morgan fingerprint density at radius 1 is 1.38 bits per heavy atom. The first-order valence-corrected chi connectivity index (χ1v) is 10.1. The Morgan fingerprint density at radius 3 is 2.83 bits per heavy atom. The molecule has 128 valence electrons. The van der Waals surface area contributed by atoms with Crippen molar-refractivity contribution < 1.29 is 4.79 Å². The zero-order chi connectivity index (χ0) is 17.3. The Hall–Kier alpha value is -1.46. The van der Waals surface area contributed by atoms with Crippen LogP contribution in [0.15, 0.2) is 21.9 Å². The van der Waals surface area contributed by atoms with Crippen LogP contribution in [0.1, 0.15) is 58.4 Å². The molecule has 24 heavy (non-hydrogen) atoms. The molecule has 1 aliphatic rings. The summed E-state index contributed by atoms with van der Waals surface area (Å²) < 4.78 is 0. The summed E-state index contributed by atoms with van der Waals surface area (Å²) >= 11 is 3.35. The molecule has 1 atom stereocenters. The van der Waals surface area contributed by atoms with Crippen molar-refractivity contribution in [1.29, 1.82) is 0 Å². The highest BCUT2D eigenvalue weighted by atomic mass is 32.1. The summed E-state index contributed by atoms with van der Waals surface area (Å²) in [4.78, 5) is 14.9. The fourth-order valence-electron chi connectivity index (χ4n) is 3.17. The van der Waals surface area contributed by atoms with Gasteiger partial charge in [-0.3, -0.25) is 4.79 Å². The van der Waals surface area contributed by atoms with Gasteiger partial charge in [0.05, 0.1) is 11.8 Å². The van der Waals surface area contributed by atoms with E-state index in [9.17, 15) is 4.79 Å². The third-order valence-electron chi connectivity index (χ3n) is 4.87. The monoisotopic (exact) mass is 360 g/mol. The van der Waals surface area contributed by atoms with Crippen molar-refractivity contribution in [3.8, 4) is 0 Å². The highest BCUT2D eigenvalue weighted by Crippen LogP contribution is 2.40. The van der Waals surface area contributed by atoms with Gasteiger partial charge in [-0.05, 0) is 60.1 Å². The topological polar surface area (TPSA) is 41.5 Å². The molecule has 0 aliphatic heterocycles. The van der Waals surface area contributed by atoms with Gasteiger partial charge < -0.3 is 0 Å². The second kappa shape index (κ2) is 6.81. The number of nitrogens with one attached hydrogen (secondary N) is 1. The van der Waals surface area contributed by atoms with Crippen molar-refractivity contribution in [3.05, 3.63) is 43.3 Å². The summed E-state index contributed by atoms with van der Waals surface area (Å²) in [5.74, 6) is 0.603. The molecule has 1 amide bonds. The first-order valence-electron chi connectivity index (χ1n) is 8.33. The molecule has 0 saturated carbocycles. The first kappa shape index (κ1) is 17.4. The Labute approximate surface area is 151 Å². The standard InChI is InChI=1S/C19H24N2OS2/c1-12-7-8-23-17(12)10-20-21-18(22)15-11-24-16-9-13(19(2,3)4)5-6-14(15)16/h7-8,10-11,13H,5-6,9H2,1-4H3,(H,21,22). The fourth-order valence-corrected chi connectivity index (χ4v) is 5.12. The SMILES string of the molecule is Cc1ccsc1C=NNC(=O)c1csc2c1CCC(C(C)(C)C)C2. The molecule has 0 saturated heterocycles. The van der Waals surface area contributed by atoms with Gasteiger partial charge in [-0.15, -0.1) is 22.7 Å². The van der Waals surface area contributed by atoms with Crippen molar-refractivity contribution in [1.82, 2.24) is 5.43 Å². The third-order valence-corrected chi connectivity index (χ3v) is 6.88. The highest BCUT2D eigenvalue weighted by molar-refractivity contribution is 7.12. The van der Waals surface area contributed by atoms with Crippen LogP contribution in [0, 0.1) is 18.3 Å². The normalized spacial score (nSPS) is 17.9. The van der Waals surface area contributed by atoms with Crippen molar-refractivity contribution in [2.45, 2.75) is 47.0 Å². The van der Waals surface area contributed by atoms with Crippen LogP contribution >= 0.6 is 22.7 Å². The molecule has 0 aromatic carbocycles. The molecule has 1 N–H and O–H groups in total. The van der Waals surface area contributed by atoms with Crippen LogP contribution in [-0.4, -0.2) is 12.1 Å². The number of fused-ring (bicyclic) bond motifs is 1. The van der Waals surface area contributed by atoms with Gasteiger partial charge in [0.25, 0.3) is 5.91 Å². The smallest absolute Gasteiger partial charge is 0.267 e. The minimum atomic E-state index is -0.0906. The Bertz CT molecular complexity index is 765. The number of aryl methyl sites for hydroxylation is 1. The van der Waals surface area contributed by atoms with E-state index in [1.165, 1.54) is 16.0 Å². The van der Waals surface area contributed by atoms with E-state index in [4.69, 9.17) is 0 Å². The van der Waals surface area contributed by atoms with Crippen LogP contribution in [0.25, 0.3) is 0 Å². The molecule has 1 unspecified atom stereocenters. The maximum Gasteiger partial charge on any atom is 0.272 e. The maximum absolute atomic E-state index is 12.5.